The third-order valence-electron chi connectivity index (χ3n) is 2.60. The summed E-state index contributed by atoms with van der Waals surface area (Å²) in [5, 5.41) is 13.7. The van der Waals surface area contributed by atoms with Crippen LogP contribution in [0.1, 0.15) is 11.3 Å². The van der Waals surface area contributed by atoms with Crippen LogP contribution < -0.4 is 5.73 Å². The molecule has 0 atom stereocenters. The molecule has 4 heteroatoms. The Balaban J connectivity index is 2.41. The van der Waals surface area contributed by atoms with Crippen molar-refractivity contribution in [3.8, 4) is 11.4 Å². The Morgan fingerprint density at radius 2 is 2.25 bits per heavy atom. The number of phenolic OH excluding ortho intramolecular Hbond substituents is 1. The summed E-state index contributed by atoms with van der Waals surface area (Å²) in [4.78, 5) is 0. The number of nitrogens with two attached hydrogens (primary N) is 1. The quantitative estimate of drug-likeness (QED) is 0.816. The molecule has 2 rings (SSSR count). The van der Waals surface area contributed by atoms with Gasteiger partial charge in [0.2, 0.25) is 0 Å². The lowest BCUT2D eigenvalue weighted by molar-refractivity contribution is 0.475. The van der Waals surface area contributed by atoms with Crippen LogP contribution in [0.4, 0.5) is 0 Å². The predicted molar refractivity (Wildman–Crippen MR) is 62.7 cm³/mol. The van der Waals surface area contributed by atoms with Crippen LogP contribution in [0.15, 0.2) is 30.5 Å². The highest BCUT2D eigenvalue weighted by Crippen LogP contribution is 2.18. The summed E-state index contributed by atoms with van der Waals surface area (Å²) in [6.07, 6.45) is 2.65. The Bertz CT molecular complexity index is 491. The first kappa shape index (κ1) is 10.7. The second-order valence-corrected chi connectivity index (χ2v) is 3.73. The summed E-state index contributed by atoms with van der Waals surface area (Å²) in [6, 6.07) is 7.04. The summed E-state index contributed by atoms with van der Waals surface area (Å²) in [5.41, 5.74) is 8.60. The van der Waals surface area contributed by atoms with Crippen molar-refractivity contribution in [3.05, 3.63) is 41.7 Å². The van der Waals surface area contributed by atoms with Crippen LogP contribution in [-0.2, 0) is 6.42 Å². The number of rotatable bonds is 3. The molecule has 0 unspecified atom stereocenters. The molecule has 4 nitrogen and oxygen atoms in total. The summed E-state index contributed by atoms with van der Waals surface area (Å²) in [5.74, 6) is 0.243. The van der Waals surface area contributed by atoms with Crippen LogP contribution in [-0.4, -0.2) is 21.4 Å². The fourth-order valence-electron chi connectivity index (χ4n) is 1.73. The van der Waals surface area contributed by atoms with Gasteiger partial charge in [-0.05, 0) is 37.6 Å². The average Bonchev–Trinajstić information content (AvgIpc) is 2.61. The van der Waals surface area contributed by atoms with Gasteiger partial charge in [0.25, 0.3) is 0 Å². The molecule has 1 heterocycles. The first-order valence-corrected chi connectivity index (χ1v) is 5.25. The molecule has 0 radical (unpaired) electrons. The van der Waals surface area contributed by atoms with Gasteiger partial charge < -0.3 is 10.8 Å². The van der Waals surface area contributed by atoms with Crippen molar-refractivity contribution < 1.29 is 5.11 Å². The number of aromatic hydroxyl groups is 1. The Hall–Kier alpha value is -1.81. The minimum Gasteiger partial charge on any atom is -0.508 e. The zero-order chi connectivity index (χ0) is 11.5. The molecule has 1 aromatic heterocycles. The van der Waals surface area contributed by atoms with E-state index in [1.165, 1.54) is 0 Å². The van der Waals surface area contributed by atoms with E-state index < -0.39 is 0 Å². The van der Waals surface area contributed by atoms with E-state index in [1.54, 1.807) is 18.2 Å². The number of hydrogen-bond acceptors (Lipinski definition) is 3. The van der Waals surface area contributed by atoms with Gasteiger partial charge in [-0.15, -0.1) is 0 Å². The zero-order valence-corrected chi connectivity index (χ0v) is 9.22. The smallest absolute Gasteiger partial charge is 0.117 e. The van der Waals surface area contributed by atoms with Crippen LogP contribution in [0.3, 0.4) is 0 Å². The van der Waals surface area contributed by atoms with E-state index in [9.17, 15) is 5.11 Å². The highest BCUT2D eigenvalue weighted by Gasteiger charge is 2.07. The van der Waals surface area contributed by atoms with Gasteiger partial charge in [0.1, 0.15) is 5.75 Å². The molecule has 0 saturated carbocycles. The van der Waals surface area contributed by atoms with E-state index >= 15 is 0 Å². The van der Waals surface area contributed by atoms with E-state index in [0.717, 1.165) is 23.4 Å². The molecule has 1 aromatic carbocycles. The molecule has 16 heavy (non-hydrogen) atoms. The monoisotopic (exact) mass is 217 g/mol. The van der Waals surface area contributed by atoms with Crippen LogP contribution in [0.25, 0.3) is 5.69 Å². The molecule has 0 aliphatic carbocycles. The van der Waals surface area contributed by atoms with Gasteiger partial charge in [0, 0.05) is 11.8 Å². The van der Waals surface area contributed by atoms with Gasteiger partial charge in [-0.3, -0.25) is 0 Å². The largest absolute Gasteiger partial charge is 0.508 e. The van der Waals surface area contributed by atoms with Gasteiger partial charge in [-0.25, -0.2) is 4.68 Å². The fraction of sp³-hybridized carbons (Fsp3) is 0.250. The third-order valence-corrected chi connectivity index (χ3v) is 2.60. The second-order valence-electron chi connectivity index (χ2n) is 3.73. The Morgan fingerprint density at radius 3 is 2.94 bits per heavy atom. The fourth-order valence-corrected chi connectivity index (χ4v) is 1.73. The van der Waals surface area contributed by atoms with Crippen molar-refractivity contribution in [1.82, 2.24) is 9.78 Å². The standard InChI is InChI=1S/C12H15N3O/c1-9-10(5-6-13)8-14-15(9)11-3-2-4-12(16)7-11/h2-4,7-8,16H,5-6,13H2,1H3. The molecule has 0 saturated heterocycles. The minimum atomic E-state index is 0.243. The highest BCUT2D eigenvalue weighted by atomic mass is 16.3. The maximum atomic E-state index is 9.41. The van der Waals surface area contributed by atoms with E-state index in [2.05, 4.69) is 5.10 Å². The Kier molecular flexibility index (Phi) is 2.92. The van der Waals surface area contributed by atoms with Gasteiger partial charge >= 0.3 is 0 Å². The maximum absolute atomic E-state index is 9.41. The summed E-state index contributed by atoms with van der Waals surface area (Å²) in [6.45, 7) is 2.62. The van der Waals surface area contributed by atoms with Crippen molar-refractivity contribution in [2.75, 3.05) is 6.54 Å². The zero-order valence-electron chi connectivity index (χ0n) is 9.22. The molecule has 0 bridgehead atoms. The van der Waals surface area contributed by atoms with E-state index in [0.29, 0.717) is 6.54 Å². The van der Waals surface area contributed by atoms with Crippen molar-refractivity contribution in [2.45, 2.75) is 13.3 Å². The van der Waals surface area contributed by atoms with E-state index in [-0.39, 0.29) is 5.75 Å². The normalized spacial score (nSPS) is 10.6. The molecule has 0 aliphatic heterocycles. The molecule has 84 valence electrons. The SMILES string of the molecule is Cc1c(CCN)cnn1-c1cccc(O)c1. The molecule has 0 amide bonds. The number of phenols is 1. The van der Waals surface area contributed by atoms with E-state index in [1.807, 2.05) is 23.9 Å². The molecular weight excluding hydrogens is 202 g/mol. The second kappa shape index (κ2) is 4.37. The topological polar surface area (TPSA) is 64.1 Å². The highest BCUT2D eigenvalue weighted by molar-refractivity contribution is 5.40. The van der Waals surface area contributed by atoms with Crippen LogP contribution in [0.5, 0.6) is 5.75 Å². The Morgan fingerprint density at radius 1 is 1.44 bits per heavy atom. The lowest BCUT2D eigenvalue weighted by Crippen LogP contribution is -2.04. The maximum Gasteiger partial charge on any atom is 0.117 e. The summed E-state index contributed by atoms with van der Waals surface area (Å²) < 4.78 is 1.81. The number of nitrogens with zero attached hydrogens (tertiary/aromatic N) is 2. The summed E-state index contributed by atoms with van der Waals surface area (Å²) in [7, 11) is 0. The van der Waals surface area contributed by atoms with Gasteiger partial charge in [-0.1, -0.05) is 6.07 Å². The van der Waals surface area contributed by atoms with Gasteiger partial charge in [0.05, 0.1) is 11.9 Å². The molecule has 0 fully saturated rings. The predicted octanol–water partition coefficient (Wildman–Crippen LogP) is 1.39. The average molecular weight is 217 g/mol. The number of hydrogen-bond donors (Lipinski definition) is 2. The minimum absolute atomic E-state index is 0.243. The molecule has 0 spiro atoms. The molecular formula is C12H15N3O. The van der Waals surface area contributed by atoms with Crippen LogP contribution in [0, 0.1) is 6.92 Å². The van der Waals surface area contributed by atoms with Crippen molar-refractivity contribution in [2.24, 2.45) is 5.73 Å². The van der Waals surface area contributed by atoms with Crippen molar-refractivity contribution in [1.29, 1.82) is 0 Å². The van der Waals surface area contributed by atoms with Crippen molar-refractivity contribution in [3.63, 3.8) is 0 Å². The summed E-state index contributed by atoms with van der Waals surface area (Å²) >= 11 is 0. The van der Waals surface area contributed by atoms with Crippen LogP contribution >= 0.6 is 0 Å². The first-order valence-electron chi connectivity index (χ1n) is 5.25. The first-order chi connectivity index (χ1) is 7.72. The van der Waals surface area contributed by atoms with E-state index in [4.69, 9.17) is 5.73 Å². The van der Waals surface area contributed by atoms with Gasteiger partial charge in [-0.2, -0.15) is 5.10 Å². The molecule has 0 aliphatic rings. The lowest BCUT2D eigenvalue weighted by Gasteiger charge is -2.05. The Labute approximate surface area is 94.3 Å². The lowest BCUT2D eigenvalue weighted by atomic mass is 10.2. The number of aromatic nitrogens is 2. The van der Waals surface area contributed by atoms with Crippen molar-refractivity contribution >= 4 is 0 Å². The third kappa shape index (κ3) is 1.92. The molecule has 3 N–H and O–H groups in total. The van der Waals surface area contributed by atoms with Crippen LogP contribution in [0.2, 0.25) is 0 Å². The number of benzene rings is 1. The van der Waals surface area contributed by atoms with Gasteiger partial charge in [0.15, 0.2) is 0 Å². The molecule has 2 aromatic rings.